The van der Waals surface area contributed by atoms with Crippen LogP contribution in [0.25, 0.3) is 0 Å². The summed E-state index contributed by atoms with van der Waals surface area (Å²) in [4.78, 5) is 36.5. The van der Waals surface area contributed by atoms with E-state index in [0.717, 1.165) is 32.1 Å². The van der Waals surface area contributed by atoms with E-state index >= 15 is 0 Å². The number of hydrogen-bond donors (Lipinski definition) is 2. The number of cyclic esters (lactones) is 1. The minimum Gasteiger partial charge on any atom is -0.499 e. The van der Waals surface area contributed by atoms with Crippen molar-refractivity contribution >= 4 is 17.9 Å². The molecule has 0 radical (unpaired) electrons. The maximum Gasteiger partial charge on any atom is 0.378 e. The molecule has 0 spiro atoms. The molecule has 1 heterocycles. The van der Waals surface area contributed by atoms with Crippen molar-refractivity contribution in [3.05, 3.63) is 11.5 Å². The maximum absolute atomic E-state index is 12.4. The van der Waals surface area contributed by atoms with E-state index in [9.17, 15) is 24.6 Å². The molecule has 268 valence electrons. The van der Waals surface area contributed by atoms with E-state index in [1.54, 1.807) is 0 Å². The fourth-order valence-electron chi connectivity index (χ4n) is 5.91. The molecular formula is C38H68O8. The van der Waals surface area contributed by atoms with E-state index in [1.165, 1.54) is 122 Å². The number of aliphatic hydroxyl groups excluding tert-OH is 2. The highest BCUT2D eigenvalue weighted by atomic mass is 16.6. The molecule has 8 nitrogen and oxygen atoms in total. The van der Waals surface area contributed by atoms with E-state index in [0.29, 0.717) is 12.8 Å². The van der Waals surface area contributed by atoms with Gasteiger partial charge in [0.25, 0.3) is 0 Å². The van der Waals surface area contributed by atoms with Crippen molar-refractivity contribution in [2.45, 2.75) is 206 Å². The van der Waals surface area contributed by atoms with Gasteiger partial charge >= 0.3 is 17.9 Å². The van der Waals surface area contributed by atoms with Gasteiger partial charge in [-0.05, 0) is 12.8 Å². The number of hydrogen-bond acceptors (Lipinski definition) is 8. The second-order valence-electron chi connectivity index (χ2n) is 13.2. The topological polar surface area (TPSA) is 119 Å². The predicted octanol–water partition coefficient (Wildman–Crippen LogP) is 10.1. The smallest absolute Gasteiger partial charge is 0.378 e. The number of carbonyl (C=O) groups excluding carboxylic acids is 3. The van der Waals surface area contributed by atoms with Gasteiger partial charge in [-0.2, -0.15) is 0 Å². The lowest BCUT2D eigenvalue weighted by Gasteiger charge is -2.19. The summed E-state index contributed by atoms with van der Waals surface area (Å²) in [7, 11) is 0. The molecular weight excluding hydrogens is 584 g/mol. The number of esters is 3. The van der Waals surface area contributed by atoms with E-state index < -0.39 is 48.2 Å². The summed E-state index contributed by atoms with van der Waals surface area (Å²) in [5.74, 6) is -3.36. The lowest BCUT2D eigenvalue weighted by atomic mass is 10.0. The van der Waals surface area contributed by atoms with Crippen molar-refractivity contribution in [3.63, 3.8) is 0 Å². The third kappa shape index (κ3) is 21.7. The van der Waals surface area contributed by atoms with Crippen molar-refractivity contribution in [1.82, 2.24) is 0 Å². The normalized spacial score (nSPS) is 15.3. The Hall–Kier alpha value is -2.09. The zero-order valence-electron chi connectivity index (χ0n) is 29.5. The minimum absolute atomic E-state index is 0.139. The Labute approximate surface area is 280 Å². The van der Waals surface area contributed by atoms with Gasteiger partial charge in [-0.3, -0.25) is 9.59 Å². The van der Waals surface area contributed by atoms with Crippen molar-refractivity contribution in [3.8, 4) is 0 Å². The van der Waals surface area contributed by atoms with E-state index in [2.05, 4.69) is 13.8 Å². The van der Waals surface area contributed by atoms with Crippen molar-refractivity contribution in [2.75, 3.05) is 6.61 Å². The van der Waals surface area contributed by atoms with Crippen LogP contribution in [-0.4, -0.2) is 46.9 Å². The molecule has 0 saturated heterocycles. The van der Waals surface area contributed by atoms with Crippen LogP contribution in [0.5, 0.6) is 0 Å². The molecule has 1 aliphatic heterocycles. The minimum atomic E-state index is -1.46. The second kappa shape index (κ2) is 29.1. The summed E-state index contributed by atoms with van der Waals surface area (Å²) in [5.41, 5.74) is 0. The lowest BCUT2D eigenvalue weighted by Crippen LogP contribution is -2.34. The molecule has 1 rings (SSSR count). The van der Waals surface area contributed by atoms with E-state index in [4.69, 9.17) is 14.2 Å². The van der Waals surface area contributed by atoms with Gasteiger partial charge in [0.1, 0.15) is 12.7 Å². The fraction of sp³-hybridized carbons (Fsp3) is 0.868. The first-order valence-corrected chi connectivity index (χ1v) is 19.1. The summed E-state index contributed by atoms with van der Waals surface area (Å²) in [6, 6.07) is 0. The first kappa shape index (κ1) is 41.9. The highest BCUT2D eigenvalue weighted by Gasteiger charge is 2.42. The first-order valence-electron chi connectivity index (χ1n) is 19.1. The zero-order chi connectivity index (χ0) is 33.7. The van der Waals surface area contributed by atoms with Crippen LogP contribution in [0.3, 0.4) is 0 Å². The zero-order valence-corrected chi connectivity index (χ0v) is 29.5. The van der Waals surface area contributed by atoms with Gasteiger partial charge in [0.05, 0.1) is 0 Å². The predicted molar refractivity (Wildman–Crippen MR) is 183 cm³/mol. The van der Waals surface area contributed by atoms with Gasteiger partial charge < -0.3 is 24.4 Å². The molecule has 2 N–H and O–H groups in total. The van der Waals surface area contributed by atoms with Gasteiger partial charge in [-0.1, -0.05) is 168 Å². The summed E-state index contributed by atoms with van der Waals surface area (Å²) in [6.45, 7) is 4.05. The van der Waals surface area contributed by atoms with Crippen LogP contribution in [0, 0.1) is 0 Å². The Morgan fingerprint density at radius 1 is 0.609 bits per heavy atom. The first-order chi connectivity index (χ1) is 22.4. The molecule has 2 atom stereocenters. The van der Waals surface area contributed by atoms with Gasteiger partial charge in [-0.25, -0.2) is 4.79 Å². The highest BCUT2D eigenvalue weighted by Crippen LogP contribution is 2.26. The average molecular weight is 653 g/mol. The number of aliphatic hydroxyl groups is 2. The molecule has 0 saturated carbocycles. The molecule has 0 unspecified atom stereocenters. The van der Waals surface area contributed by atoms with Gasteiger partial charge in [0.2, 0.25) is 11.5 Å². The molecule has 0 aromatic heterocycles. The highest BCUT2D eigenvalue weighted by molar-refractivity contribution is 5.90. The Balaban J connectivity index is 2.12. The molecule has 0 aromatic carbocycles. The van der Waals surface area contributed by atoms with Crippen LogP contribution in [0.1, 0.15) is 194 Å². The van der Waals surface area contributed by atoms with Gasteiger partial charge in [0, 0.05) is 12.8 Å². The number of unbranched alkanes of at least 4 members (excludes halogenated alkanes) is 24. The van der Waals surface area contributed by atoms with Gasteiger partial charge in [-0.15, -0.1) is 0 Å². The molecule has 0 bridgehead atoms. The lowest BCUT2D eigenvalue weighted by molar-refractivity contribution is -0.157. The number of carbonyl (C=O) groups is 3. The maximum atomic E-state index is 12.4. The summed E-state index contributed by atoms with van der Waals surface area (Å²) < 4.78 is 15.4. The number of ether oxygens (including phenoxy) is 3. The largest absolute Gasteiger partial charge is 0.499 e. The second-order valence-corrected chi connectivity index (χ2v) is 13.2. The number of rotatable bonds is 32. The van der Waals surface area contributed by atoms with Crippen molar-refractivity contribution in [2.24, 2.45) is 0 Å². The van der Waals surface area contributed by atoms with Crippen LogP contribution in [0.4, 0.5) is 0 Å². The quantitative estimate of drug-likeness (QED) is 0.0419. The molecule has 0 aromatic rings. The fourth-order valence-corrected chi connectivity index (χ4v) is 5.91. The monoisotopic (exact) mass is 652 g/mol. The van der Waals surface area contributed by atoms with Crippen molar-refractivity contribution in [1.29, 1.82) is 0 Å². The molecule has 1 aliphatic rings. The molecule has 0 aliphatic carbocycles. The van der Waals surface area contributed by atoms with E-state index in [-0.39, 0.29) is 12.8 Å². The Morgan fingerprint density at radius 3 is 1.35 bits per heavy atom. The average Bonchev–Trinajstić information content (AvgIpc) is 3.32. The standard InChI is InChI=1S/C38H68O8/c1-3-5-7-9-11-13-15-17-19-21-23-25-27-29-33(40)44-31-32(39)36-37(35(42)38(43)46-36)45-34(41)30-28-26-24-22-20-18-16-14-12-10-8-6-4-2/h32,36,39,42H,3-31H2,1-2H3/t32-,36+/m0/s1. The van der Waals surface area contributed by atoms with Crippen LogP contribution >= 0.6 is 0 Å². The van der Waals surface area contributed by atoms with Crippen LogP contribution < -0.4 is 0 Å². The third-order valence-corrected chi connectivity index (χ3v) is 8.88. The SMILES string of the molecule is CCCCCCCCCCCCCCCC(=O)OC[C@H](O)[C@H]1OC(=O)C(O)=C1OC(=O)CCCCCCCCCCCCCCC. The van der Waals surface area contributed by atoms with E-state index in [1.807, 2.05) is 0 Å². The molecule has 0 amide bonds. The van der Waals surface area contributed by atoms with Crippen LogP contribution in [0.2, 0.25) is 0 Å². The van der Waals surface area contributed by atoms with Gasteiger partial charge in [0.15, 0.2) is 6.10 Å². The molecule has 46 heavy (non-hydrogen) atoms. The third-order valence-electron chi connectivity index (χ3n) is 8.88. The Morgan fingerprint density at radius 2 is 0.957 bits per heavy atom. The summed E-state index contributed by atoms with van der Waals surface area (Å²) >= 11 is 0. The van der Waals surface area contributed by atoms with Crippen LogP contribution in [0.15, 0.2) is 11.5 Å². The summed E-state index contributed by atoms with van der Waals surface area (Å²) in [5, 5.41) is 20.6. The van der Waals surface area contributed by atoms with Crippen LogP contribution in [-0.2, 0) is 28.6 Å². The molecule has 0 fully saturated rings. The van der Waals surface area contributed by atoms with Crippen molar-refractivity contribution < 1.29 is 38.8 Å². The summed E-state index contributed by atoms with van der Waals surface area (Å²) in [6.07, 6.45) is 28.8. The Kier molecular flexibility index (Phi) is 26.5. The molecule has 8 heteroatoms. The Bertz CT molecular complexity index is 824.